The molecule has 0 spiro atoms. The van der Waals surface area contributed by atoms with Crippen LogP contribution < -0.4 is 19.5 Å². The van der Waals surface area contributed by atoms with Gasteiger partial charge in [0.05, 0.1) is 31.9 Å². The van der Waals surface area contributed by atoms with Gasteiger partial charge in [0.2, 0.25) is 0 Å². The highest BCUT2D eigenvalue weighted by molar-refractivity contribution is 5.90. The molecule has 0 aliphatic carbocycles. The van der Waals surface area contributed by atoms with Crippen LogP contribution >= 0.6 is 0 Å². The highest BCUT2D eigenvalue weighted by Gasteiger charge is 2.21. The Morgan fingerprint density at radius 1 is 0.970 bits per heavy atom. The molecule has 0 bridgehead atoms. The van der Waals surface area contributed by atoms with Crippen molar-refractivity contribution in [2.45, 2.75) is 19.1 Å². The molecular weight excluding hydrogens is 414 g/mol. The van der Waals surface area contributed by atoms with Crippen LogP contribution in [0.4, 0.5) is 0 Å². The lowest BCUT2D eigenvalue weighted by Gasteiger charge is -2.26. The first kappa shape index (κ1) is 21.2. The minimum Gasteiger partial charge on any atom is -0.496 e. The summed E-state index contributed by atoms with van der Waals surface area (Å²) in [6.07, 6.45) is 6.91. The van der Waals surface area contributed by atoms with Gasteiger partial charge in [-0.25, -0.2) is 0 Å². The Bertz CT molecular complexity index is 1280. The largest absolute Gasteiger partial charge is 0.496 e. The smallest absolute Gasteiger partial charge is 0.161 e. The molecule has 33 heavy (non-hydrogen) atoms. The zero-order valence-corrected chi connectivity index (χ0v) is 18.8. The molecule has 0 saturated carbocycles. The van der Waals surface area contributed by atoms with Gasteiger partial charge in [0, 0.05) is 12.1 Å². The molecule has 4 aromatic rings. The highest BCUT2D eigenvalue weighted by atomic mass is 16.5. The topological polar surface area (TPSA) is 52.9 Å². The monoisotopic (exact) mass is 441 g/mol. The molecular formula is C28H27NO4. The van der Waals surface area contributed by atoms with E-state index in [1.807, 2.05) is 36.4 Å². The fourth-order valence-corrected chi connectivity index (χ4v) is 4.34. The van der Waals surface area contributed by atoms with Crippen LogP contribution in [0.3, 0.4) is 0 Å². The van der Waals surface area contributed by atoms with Gasteiger partial charge in [-0.1, -0.05) is 42.5 Å². The van der Waals surface area contributed by atoms with Crippen LogP contribution in [0, 0.1) is 0 Å². The summed E-state index contributed by atoms with van der Waals surface area (Å²) in [4.78, 5) is 0. The average molecular weight is 442 g/mol. The van der Waals surface area contributed by atoms with Crippen LogP contribution in [0.1, 0.15) is 28.3 Å². The van der Waals surface area contributed by atoms with Crippen molar-refractivity contribution in [1.82, 2.24) is 5.32 Å². The molecule has 1 aromatic heterocycles. The van der Waals surface area contributed by atoms with Gasteiger partial charge in [-0.2, -0.15) is 0 Å². The first-order valence-electron chi connectivity index (χ1n) is 11.1. The Labute approximate surface area is 193 Å². The summed E-state index contributed by atoms with van der Waals surface area (Å²) >= 11 is 0. The van der Waals surface area contributed by atoms with Crippen molar-refractivity contribution >= 4 is 17.0 Å². The third-order valence-electron chi connectivity index (χ3n) is 6.05. The predicted octanol–water partition coefficient (Wildman–Crippen LogP) is 5.93. The maximum absolute atomic E-state index is 6.12. The van der Waals surface area contributed by atoms with Crippen LogP contribution in [-0.4, -0.2) is 20.8 Å². The van der Waals surface area contributed by atoms with Crippen LogP contribution in [0.5, 0.6) is 17.2 Å². The molecule has 0 fully saturated rings. The van der Waals surface area contributed by atoms with Crippen molar-refractivity contribution in [1.29, 1.82) is 0 Å². The fraction of sp³-hybridized carbons (Fsp3) is 0.214. The number of hydrogen-bond acceptors (Lipinski definition) is 5. The van der Waals surface area contributed by atoms with Gasteiger partial charge in [0.15, 0.2) is 11.5 Å². The van der Waals surface area contributed by atoms with E-state index in [-0.39, 0.29) is 6.04 Å². The number of hydrogen-bond donors (Lipinski definition) is 1. The van der Waals surface area contributed by atoms with Crippen molar-refractivity contribution in [2.75, 3.05) is 20.8 Å². The van der Waals surface area contributed by atoms with Crippen LogP contribution in [0.2, 0.25) is 0 Å². The van der Waals surface area contributed by atoms with Crippen molar-refractivity contribution in [2.24, 2.45) is 0 Å². The fourth-order valence-electron chi connectivity index (χ4n) is 4.34. The Hall–Kier alpha value is -3.70. The maximum atomic E-state index is 6.12. The van der Waals surface area contributed by atoms with E-state index in [1.54, 1.807) is 20.5 Å². The molecule has 1 atom stereocenters. The first-order valence-corrected chi connectivity index (χ1v) is 11.1. The molecule has 0 saturated heterocycles. The van der Waals surface area contributed by atoms with Crippen LogP contribution in [0.25, 0.3) is 17.0 Å². The molecule has 1 aliphatic heterocycles. The zero-order valence-electron chi connectivity index (χ0n) is 18.8. The number of furan rings is 1. The summed E-state index contributed by atoms with van der Waals surface area (Å²) in [6, 6.07) is 20.4. The van der Waals surface area contributed by atoms with Crippen LogP contribution in [0.15, 0.2) is 77.4 Å². The summed E-state index contributed by atoms with van der Waals surface area (Å²) in [7, 11) is 3.36. The number of nitrogens with one attached hydrogen (secondary N) is 1. The second-order valence-corrected chi connectivity index (χ2v) is 8.04. The van der Waals surface area contributed by atoms with Gasteiger partial charge in [-0.15, -0.1) is 0 Å². The van der Waals surface area contributed by atoms with Crippen molar-refractivity contribution in [3.63, 3.8) is 0 Å². The molecule has 3 aromatic carbocycles. The van der Waals surface area contributed by atoms with E-state index in [1.165, 1.54) is 11.1 Å². The van der Waals surface area contributed by atoms with E-state index in [0.29, 0.717) is 6.61 Å². The van der Waals surface area contributed by atoms with Gasteiger partial charge in [-0.3, -0.25) is 0 Å². The SMILES string of the molecule is COc1cc2c(cc1OCc1ccccc1)CCNC2C=Cc1ccc(OC)c2ccoc12. The van der Waals surface area contributed by atoms with Crippen molar-refractivity contribution in [3.05, 3.63) is 95.3 Å². The number of ether oxygens (including phenoxy) is 3. The second kappa shape index (κ2) is 9.43. The highest BCUT2D eigenvalue weighted by Crippen LogP contribution is 2.37. The zero-order chi connectivity index (χ0) is 22.6. The third-order valence-corrected chi connectivity index (χ3v) is 6.05. The van der Waals surface area contributed by atoms with E-state index < -0.39 is 0 Å². The molecule has 0 radical (unpaired) electrons. The Morgan fingerprint density at radius 3 is 2.64 bits per heavy atom. The lowest BCUT2D eigenvalue weighted by atomic mass is 9.93. The maximum Gasteiger partial charge on any atom is 0.161 e. The quantitative estimate of drug-likeness (QED) is 0.385. The number of rotatable bonds is 7. The molecule has 5 nitrogen and oxygen atoms in total. The molecule has 0 amide bonds. The molecule has 1 unspecified atom stereocenters. The number of benzene rings is 3. The van der Waals surface area contributed by atoms with Gasteiger partial charge < -0.3 is 23.9 Å². The van der Waals surface area contributed by atoms with E-state index >= 15 is 0 Å². The molecule has 1 N–H and O–H groups in total. The summed E-state index contributed by atoms with van der Waals surface area (Å²) in [5.74, 6) is 2.33. The number of methoxy groups -OCH3 is 2. The second-order valence-electron chi connectivity index (χ2n) is 8.04. The summed E-state index contributed by atoms with van der Waals surface area (Å²) in [5.41, 5.74) is 5.43. The molecule has 168 valence electrons. The van der Waals surface area contributed by atoms with Crippen LogP contribution in [-0.2, 0) is 13.0 Å². The Kier molecular flexibility index (Phi) is 6.05. The van der Waals surface area contributed by atoms with Gasteiger partial charge in [-0.05, 0) is 53.4 Å². The molecule has 5 heteroatoms. The summed E-state index contributed by atoms with van der Waals surface area (Å²) in [6.45, 7) is 1.40. The van der Waals surface area contributed by atoms with Crippen molar-refractivity contribution in [3.8, 4) is 17.2 Å². The van der Waals surface area contributed by atoms with Gasteiger partial charge in [0.25, 0.3) is 0 Å². The summed E-state index contributed by atoms with van der Waals surface area (Å²) in [5, 5.41) is 4.57. The standard InChI is InChI=1S/C28H27NO4/c1-30-25-11-9-20(28-22(25)13-15-32-28)8-10-24-23-17-26(31-2)27(16-21(23)12-14-29-24)33-18-19-6-4-3-5-7-19/h3-11,13,15-17,24,29H,12,14,18H2,1-2H3. The van der Waals surface area contributed by atoms with Gasteiger partial charge >= 0.3 is 0 Å². The molecule has 1 aliphatic rings. The van der Waals surface area contributed by atoms with E-state index in [4.69, 9.17) is 18.6 Å². The average Bonchev–Trinajstić information content (AvgIpc) is 3.36. The first-order chi connectivity index (χ1) is 16.3. The molecule has 2 heterocycles. The minimum atomic E-state index is 0.0675. The van der Waals surface area contributed by atoms with E-state index in [0.717, 1.165) is 52.3 Å². The Morgan fingerprint density at radius 2 is 1.82 bits per heavy atom. The lowest BCUT2D eigenvalue weighted by molar-refractivity contribution is 0.283. The van der Waals surface area contributed by atoms with E-state index in [2.05, 4.69) is 41.7 Å². The third kappa shape index (κ3) is 4.32. The minimum absolute atomic E-state index is 0.0675. The van der Waals surface area contributed by atoms with Crippen molar-refractivity contribution < 1.29 is 18.6 Å². The van der Waals surface area contributed by atoms with Gasteiger partial charge in [0.1, 0.15) is 17.9 Å². The normalized spacial score (nSPS) is 15.5. The molecule has 5 rings (SSSR count). The summed E-state index contributed by atoms with van der Waals surface area (Å²) < 4.78 is 23.0. The Balaban J connectivity index is 1.41. The van der Waals surface area contributed by atoms with E-state index in [9.17, 15) is 0 Å². The predicted molar refractivity (Wildman–Crippen MR) is 130 cm³/mol. The lowest BCUT2D eigenvalue weighted by Crippen LogP contribution is -2.28. The number of fused-ring (bicyclic) bond motifs is 2.